The maximum absolute atomic E-state index is 10.8. The predicted octanol–water partition coefficient (Wildman–Crippen LogP) is 3.24. The summed E-state index contributed by atoms with van der Waals surface area (Å²) >= 11 is 0. The van der Waals surface area contributed by atoms with Gasteiger partial charge in [-0.2, -0.15) is 0 Å². The average Bonchev–Trinajstić information content (AvgIpc) is 3.10. The molecule has 2 N–H and O–H groups in total. The van der Waals surface area contributed by atoms with Crippen LogP contribution in [0.5, 0.6) is 5.75 Å². The molecule has 8 nitrogen and oxygen atoms in total. The number of benzene rings is 1. The Morgan fingerprint density at radius 2 is 2.00 bits per heavy atom. The Hall–Kier alpha value is -3.42. The molecule has 1 saturated carbocycles. The van der Waals surface area contributed by atoms with Crippen molar-refractivity contribution in [3.05, 3.63) is 54.5 Å². The number of ether oxygens (including phenoxy) is 1. The molecular formula is C20H21N5O3. The van der Waals surface area contributed by atoms with Gasteiger partial charge < -0.3 is 15.2 Å². The van der Waals surface area contributed by atoms with Crippen LogP contribution in [0, 0.1) is 0 Å². The molecule has 0 radical (unpaired) electrons. The maximum atomic E-state index is 10.8. The van der Waals surface area contributed by atoms with Gasteiger partial charge in [0.1, 0.15) is 17.3 Å². The number of hydrogen-bond acceptors (Lipinski definition) is 5. The van der Waals surface area contributed by atoms with Crippen molar-refractivity contribution < 1.29 is 14.6 Å². The minimum absolute atomic E-state index is 0.0459. The van der Waals surface area contributed by atoms with Crippen molar-refractivity contribution in [1.82, 2.24) is 25.1 Å². The third-order valence-electron chi connectivity index (χ3n) is 4.81. The lowest BCUT2D eigenvalue weighted by Crippen LogP contribution is -2.43. The van der Waals surface area contributed by atoms with Crippen molar-refractivity contribution in [3.8, 4) is 23.0 Å². The van der Waals surface area contributed by atoms with Gasteiger partial charge in [-0.3, -0.25) is 4.57 Å². The van der Waals surface area contributed by atoms with Crippen molar-refractivity contribution in [2.45, 2.75) is 31.7 Å². The average molecular weight is 379 g/mol. The summed E-state index contributed by atoms with van der Waals surface area (Å²) in [6.45, 7) is 2.51. The lowest BCUT2D eigenvalue weighted by Gasteiger charge is -2.34. The van der Waals surface area contributed by atoms with Crippen LogP contribution in [0.15, 0.2) is 48.7 Å². The lowest BCUT2D eigenvalue weighted by atomic mass is 9.79. The number of carbonyl (C=O) groups is 1. The van der Waals surface area contributed by atoms with Gasteiger partial charge in [0.05, 0.1) is 12.8 Å². The molecule has 1 amide bonds. The molecular weight excluding hydrogens is 358 g/mol. The van der Waals surface area contributed by atoms with E-state index in [1.807, 2.05) is 54.0 Å². The first-order valence-corrected chi connectivity index (χ1v) is 9.25. The summed E-state index contributed by atoms with van der Waals surface area (Å²) in [7, 11) is 0. The largest absolute Gasteiger partial charge is 0.492 e. The second-order valence-corrected chi connectivity index (χ2v) is 6.68. The molecule has 0 spiro atoms. The van der Waals surface area contributed by atoms with E-state index in [4.69, 9.17) is 9.84 Å². The van der Waals surface area contributed by atoms with Crippen LogP contribution < -0.4 is 10.1 Å². The zero-order valence-electron chi connectivity index (χ0n) is 15.4. The van der Waals surface area contributed by atoms with Crippen molar-refractivity contribution in [1.29, 1.82) is 0 Å². The smallest absolute Gasteiger partial charge is 0.404 e. The van der Waals surface area contributed by atoms with E-state index in [1.54, 1.807) is 6.20 Å². The van der Waals surface area contributed by atoms with Crippen LogP contribution in [0.3, 0.4) is 0 Å². The Kier molecular flexibility index (Phi) is 4.92. The Morgan fingerprint density at radius 3 is 2.64 bits per heavy atom. The van der Waals surface area contributed by atoms with Crippen molar-refractivity contribution in [2.24, 2.45) is 0 Å². The fourth-order valence-electron chi connectivity index (χ4n) is 3.44. The molecule has 144 valence electrons. The summed E-state index contributed by atoms with van der Waals surface area (Å²) in [6, 6.07) is 13.6. The van der Waals surface area contributed by atoms with E-state index >= 15 is 0 Å². The minimum Gasteiger partial charge on any atom is -0.492 e. The highest BCUT2D eigenvalue weighted by atomic mass is 16.5. The number of carboxylic acid groups (broad SMARTS) is 1. The van der Waals surface area contributed by atoms with E-state index < -0.39 is 6.09 Å². The van der Waals surface area contributed by atoms with Gasteiger partial charge in [0.25, 0.3) is 0 Å². The monoisotopic (exact) mass is 379 g/mol. The second-order valence-electron chi connectivity index (χ2n) is 6.68. The SMILES string of the molecule is CCOc1ccc(-c2nnc([C@H]3C[C@H](NC(=O)O)C3)n2-c2ccccc2)nc1. The molecule has 28 heavy (non-hydrogen) atoms. The van der Waals surface area contributed by atoms with Gasteiger partial charge >= 0.3 is 6.09 Å². The number of nitrogens with zero attached hydrogens (tertiary/aromatic N) is 4. The Morgan fingerprint density at radius 1 is 1.21 bits per heavy atom. The standard InChI is InChI=1S/C20H21N5O3/c1-2-28-16-8-9-17(21-12-16)19-24-23-18(13-10-14(11-13)22-20(26)27)25(19)15-6-4-3-5-7-15/h3-9,12-14,22H,2,10-11H2,1H3,(H,26,27)/t13-,14-. The molecule has 0 atom stereocenters. The first-order valence-electron chi connectivity index (χ1n) is 9.25. The van der Waals surface area contributed by atoms with E-state index in [0.717, 1.165) is 11.5 Å². The van der Waals surface area contributed by atoms with Crippen LogP contribution in [0.25, 0.3) is 17.2 Å². The van der Waals surface area contributed by atoms with Crippen LogP contribution in [0.2, 0.25) is 0 Å². The molecule has 4 rings (SSSR count). The molecule has 0 saturated heterocycles. The summed E-state index contributed by atoms with van der Waals surface area (Å²) in [5.74, 6) is 2.32. The summed E-state index contributed by atoms with van der Waals surface area (Å²) in [6.07, 6.45) is 2.09. The quantitative estimate of drug-likeness (QED) is 0.682. The summed E-state index contributed by atoms with van der Waals surface area (Å²) in [4.78, 5) is 15.3. The fourth-order valence-corrected chi connectivity index (χ4v) is 3.44. The zero-order chi connectivity index (χ0) is 19.5. The third kappa shape index (κ3) is 3.53. The fraction of sp³-hybridized carbons (Fsp3) is 0.300. The number of aromatic nitrogens is 4. The molecule has 2 heterocycles. The van der Waals surface area contributed by atoms with E-state index in [9.17, 15) is 4.79 Å². The highest BCUT2D eigenvalue weighted by Crippen LogP contribution is 2.38. The Balaban J connectivity index is 1.68. The molecule has 1 fully saturated rings. The Bertz CT molecular complexity index is 950. The first kappa shape index (κ1) is 18.0. The van der Waals surface area contributed by atoms with Crippen LogP contribution in [-0.2, 0) is 0 Å². The number of pyridine rings is 1. The number of para-hydroxylation sites is 1. The minimum atomic E-state index is -0.993. The highest BCUT2D eigenvalue weighted by Gasteiger charge is 2.36. The van der Waals surface area contributed by atoms with Gasteiger partial charge in [-0.25, -0.2) is 9.78 Å². The summed E-state index contributed by atoms with van der Waals surface area (Å²) < 4.78 is 7.47. The molecule has 0 unspecified atom stereocenters. The molecule has 1 aliphatic rings. The number of amides is 1. The topological polar surface area (TPSA) is 102 Å². The van der Waals surface area contributed by atoms with Gasteiger partial charge in [0, 0.05) is 17.6 Å². The number of rotatable bonds is 6. The summed E-state index contributed by atoms with van der Waals surface area (Å²) in [5, 5.41) is 20.2. The van der Waals surface area contributed by atoms with Gasteiger partial charge in [0.2, 0.25) is 0 Å². The van der Waals surface area contributed by atoms with Gasteiger partial charge in [-0.1, -0.05) is 18.2 Å². The van der Waals surface area contributed by atoms with E-state index in [2.05, 4.69) is 20.5 Å². The number of nitrogens with one attached hydrogen (secondary N) is 1. The zero-order valence-corrected chi connectivity index (χ0v) is 15.4. The van der Waals surface area contributed by atoms with E-state index in [-0.39, 0.29) is 12.0 Å². The second kappa shape index (κ2) is 7.67. The van der Waals surface area contributed by atoms with Crippen molar-refractivity contribution in [2.75, 3.05) is 6.61 Å². The normalized spacial score (nSPS) is 18.3. The molecule has 0 bridgehead atoms. The highest BCUT2D eigenvalue weighted by molar-refractivity contribution is 5.65. The maximum Gasteiger partial charge on any atom is 0.404 e. The lowest BCUT2D eigenvalue weighted by molar-refractivity contribution is 0.176. The molecule has 3 aromatic rings. The van der Waals surface area contributed by atoms with Gasteiger partial charge in [0.15, 0.2) is 5.82 Å². The molecule has 8 heteroatoms. The van der Waals surface area contributed by atoms with Crippen LogP contribution in [-0.4, -0.2) is 43.6 Å². The molecule has 1 aliphatic carbocycles. The molecule has 1 aromatic carbocycles. The van der Waals surface area contributed by atoms with Crippen molar-refractivity contribution in [3.63, 3.8) is 0 Å². The molecule has 2 aromatic heterocycles. The van der Waals surface area contributed by atoms with Crippen LogP contribution in [0.4, 0.5) is 4.79 Å². The summed E-state index contributed by atoms with van der Waals surface area (Å²) in [5.41, 5.74) is 1.65. The van der Waals surface area contributed by atoms with E-state index in [0.29, 0.717) is 36.7 Å². The molecule has 0 aliphatic heterocycles. The van der Waals surface area contributed by atoms with Gasteiger partial charge in [-0.15, -0.1) is 10.2 Å². The van der Waals surface area contributed by atoms with Crippen LogP contribution >= 0.6 is 0 Å². The van der Waals surface area contributed by atoms with Crippen molar-refractivity contribution >= 4 is 6.09 Å². The first-order chi connectivity index (χ1) is 13.7. The van der Waals surface area contributed by atoms with E-state index in [1.165, 1.54) is 0 Å². The van der Waals surface area contributed by atoms with Gasteiger partial charge in [-0.05, 0) is 44.0 Å². The number of hydrogen-bond donors (Lipinski definition) is 2. The predicted molar refractivity (Wildman–Crippen MR) is 103 cm³/mol. The third-order valence-corrected chi connectivity index (χ3v) is 4.81. The van der Waals surface area contributed by atoms with Crippen LogP contribution in [0.1, 0.15) is 31.5 Å². The Labute approximate surface area is 162 Å².